The molecule has 1 N–H and O–H groups in total. The fraction of sp³-hybridized carbons (Fsp3) is 0.238. The van der Waals surface area contributed by atoms with Gasteiger partial charge in [-0.25, -0.2) is 4.79 Å². The van der Waals surface area contributed by atoms with E-state index in [0.29, 0.717) is 29.5 Å². The van der Waals surface area contributed by atoms with E-state index in [1.54, 1.807) is 31.2 Å². The maximum atomic E-state index is 12.2. The van der Waals surface area contributed by atoms with Gasteiger partial charge >= 0.3 is 5.97 Å². The molecule has 28 heavy (non-hydrogen) atoms. The van der Waals surface area contributed by atoms with Crippen LogP contribution in [0.25, 0.3) is 22.9 Å². The number of nitrogens with one attached hydrogen (secondary N) is 1. The Kier molecular flexibility index (Phi) is 5.84. The Morgan fingerprint density at radius 3 is 2.07 bits per heavy atom. The lowest BCUT2D eigenvalue weighted by Crippen LogP contribution is -2.35. The summed E-state index contributed by atoms with van der Waals surface area (Å²) >= 11 is 0. The molecular weight excluding hydrogens is 358 g/mol. The number of aromatic nitrogens is 2. The Hall–Kier alpha value is -3.48. The van der Waals surface area contributed by atoms with Gasteiger partial charge in [0.2, 0.25) is 11.8 Å². The minimum Gasteiger partial charge on any atom is -0.449 e. The van der Waals surface area contributed by atoms with Gasteiger partial charge in [-0.15, -0.1) is 10.2 Å². The normalized spacial score (nSPS) is 11.7. The van der Waals surface area contributed by atoms with Crippen molar-refractivity contribution in [3.63, 3.8) is 0 Å². The van der Waals surface area contributed by atoms with Gasteiger partial charge in [0.25, 0.3) is 5.91 Å². The first-order valence-electron chi connectivity index (χ1n) is 8.97. The minimum absolute atomic E-state index is 0.332. The monoisotopic (exact) mass is 379 g/mol. The number of ether oxygens (including phenoxy) is 1. The molecule has 0 saturated heterocycles. The summed E-state index contributed by atoms with van der Waals surface area (Å²) in [7, 11) is 0. The largest absolute Gasteiger partial charge is 0.449 e. The van der Waals surface area contributed by atoms with Crippen molar-refractivity contribution in [2.45, 2.75) is 26.9 Å². The molecular formula is C21H21N3O4. The average Bonchev–Trinajstić information content (AvgIpc) is 3.19. The number of esters is 1. The topological polar surface area (TPSA) is 94.3 Å². The van der Waals surface area contributed by atoms with E-state index in [-0.39, 0.29) is 5.91 Å². The molecule has 1 heterocycles. The zero-order chi connectivity index (χ0) is 20.1. The molecule has 0 saturated carbocycles. The molecule has 0 fully saturated rings. The van der Waals surface area contributed by atoms with E-state index in [1.807, 2.05) is 31.2 Å². The minimum atomic E-state index is -0.861. The summed E-state index contributed by atoms with van der Waals surface area (Å²) in [5.41, 5.74) is 2.99. The van der Waals surface area contributed by atoms with Crippen LogP contribution >= 0.6 is 0 Å². The average molecular weight is 379 g/mol. The Bertz CT molecular complexity index is 962. The van der Waals surface area contributed by atoms with Crippen molar-refractivity contribution in [1.82, 2.24) is 15.5 Å². The number of nitrogens with zero attached hydrogens (tertiary/aromatic N) is 2. The van der Waals surface area contributed by atoms with Crippen LogP contribution in [0.1, 0.15) is 29.8 Å². The van der Waals surface area contributed by atoms with Gasteiger partial charge in [-0.2, -0.15) is 0 Å². The summed E-state index contributed by atoms with van der Waals surface area (Å²) in [6.45, 7) is 5.81. The van der Waals surface area contributed by atoms with Crippen molar-refractivity contribution in [2.75, 3.05) is 6.54 Å². The van der Waals surface area contributed by atoms with Gasteiger partial charge in [0.1, 0.15) is 0 Å². The third kappa shape index (κ3) is 4.43. The predicted molar refractivity (Wildman–Crippen MR) is 103 cm³/mol. The summed E-state index contributed by atoms with van der Waals surface area (Å²) in [5, 5.41) is 10.7. The van der Waals surface area contributed by atoms with Gasteiger partial charge in [0.05, 0.1) is 5.56 Å². The van der Waals surface area contributed by atoms with Crippen LogP contribution in [0.5, 0.6) is 0 Å². The lowest BCUT2D eigenvalue weighted by molar-refractivity contribution is -0.128. The Morgan fingerprint density at radius 1 is 1.00 bits per heavy atom. The molecule has 1 unspecified atom stereocenters. The fourth-order valence-electron chi connectivity index (χ4n) is 2.50. The Morgan fingerprint density at radius 2 is 1.54 bits per heavy atom. The van der Waals surface area contributed by atoms with Gasteiger partial charge in [-0.3, -0.25) is 4.79 Å². The number of hydrogen-bond acceptors (Lipinski definition) is 6. The molecule has 1 atom stereocenters. The highest BCUT2D eigenvalue weighted by Gasteiger charge is 2.18. The van der Waals surface area contributed by atoms with Gasteiger partial charge in [-0.1, -0.05) is 17.7 Å². The zero-order valence-corrected chi connectivity index (χ0v) is 15.9. The molecule has 0 aliphatic carbocycles. The van der Waals surface area contributed by atoms with E-state index in [9.17, 15) is 9.59 Å². The third-order valence-corrected chi connectivity index (χ3v) is 4.10. The zero-order valence-electron chi connectivity index (χ0n) is 15.9. The van der Waals surface area contributed by atoms with Crippen molar-refractivity contribution in [2.24, 2.45) is 0 Å². The van der Waals surface area contributed by atoms with E-state index in [1.165, 1.54) is 6.92 Å². The van der Waals surface area contributed by atoms with Crippen molar-refractivity contribution in [3.8, 4) is 22.9 Å². The summed E-state index contributed by atoms with van der Waals surface area (Å²) in [5.74, 6) is -0.126. The van der Waals surface area contributed by atoms with E-state index in [2.05, 4.69) is 15.5 Å². The van der Waals surface area contributed by atoms with Gasteiger partial charge < -0.3 is 14.5 Å². The first-order chi connectivity index (χ1) is 13.5. The highest BCUT2D eigenvalue weighted by atomic mass is 16.5. The van der Waals surface area contributed by atoms with Crippen molar-refractivity contribution >= 4 is 11.9 Å². The molecule has 3 rings (SSSR count). The van der Waals surface area contributed by atoms with Gasteiger partial charge in [0.15, 0.2) is 6.10 Å². The molecule has 1 amide bonds. The molecule has 0 aliphatic heterocycles. The van der Waals surface area contributed by atoms with Crippen LogP contribution in [0.4, 0.5) is 0 Å². The molecule has 7 heteroatoms. The first kappa shape index (κ1) is 19.3. The molecule has 0 radical (unpaired) electrons. The molecule has 144 valence electrons. The summed E-state index contributed by atoms with van der Waals surface area (Å²) in [6, 6.07) is 14.4. The van der Waals surface area contributed by atoms with E-state index in [4.69, 9.17) is 9.15 Å². The molecule has 0 bridgehead atoms. The number of likely N-dealkylation sites (N-methyl/N-ethyl adjacent to an activating group) is 1. The highest BCUT2D eigenvalue weighted by molar-refractivity contribution is 5.92. The van der Waals surface area contributed by atoms with Gasteiger partial charge in [0, 0.05) is 17.7 Å². The molecule has 0 aliphatic rings. The molecule has 7 nitrogen and oxygen atoms in total. The van der Waals surface area contributed by atoms with Crippen LogP contribution in [0.3, 0.4) is 0 Å². The van der Waals surface area contributed by atoms with E-state index in [0.717, 1.165) is 11.1 Å². The maximum Gasteiger partial charge on any atom is 0.338 e. The third-order valence-electron chi connectivity index (χ3n) is 4.10. The number of benzene rings is 2. The molecule has 1 aromatic heterocycles. The van der Waals surface area contributed by atoms with Crippen LogP contribution in [0.15, 0.2) is 52.9 Å². The molecule has 2 aromatic carbocycles. The van der Waals surface area contributed by atoms with E-state index < -0.39 is 12.1 Å². The molecule has 3 aromatic rings. The smallest absolute Gasteiger partial charge is 0.338 e. The first-order valence-corrected chi connectivity index (χ1v) is 8.97. The summed E-state index contributed by atoms with van der Waals surface area (Å²) in [6.07, 6.45) is -0.861. The van der Waals surface area contributed by atoms with Crippen molar-refractivity contribution in [1.29, 1.82) is 0 Å². The van der Waals surface area contributed by atoms with Crippen LogP contribution in [0.2, 0.25) is 0 Å². The number of aryl methyl sites for hydroxylation is 1. The fourth-order valence-corrected chi connectivity index (χ4v) is 2.50. The SMILES string of the molecule is CCNC(=O)C(C)OC(=O)c1ccc(-c2nnc(-c3ccc(C)cc3)o2)cc1. The lowest BCUT2D eigenvalue weighted by Gasteiger charge is -2.12. The number of rotatable bonds is 6. The Balaban J connectivity index is 1.70. The Labute approximate surface area is 162 Å². The van der Waals surface area contributed by atoms with Crippen LogP contribution in [0, 0.1) is 6.92 Å². The maximum absolute atomic E-state index is 12.2. The van der Waals surface area contributed by atoms with Gasteiger partial charge in [-0.05, 0) is 57.2 Å². The quantitative estimate of drug-likeness (QED) is 0.660. The van der Waals surface area contributed by atoms with Crippen LogP contribution in [-0.4, -0.2) is 34.7 Å². The second-order valence-electron chi connectivity index (χ2n) is 6.30. The number of carbonyl (C=O) groups excluding carboxylic acids is 2. The van der Waals surface area contributed by atoms with Crippen molar-refractivity contribution < 1.29 is 18.7 Å². The molecule has 0 spiro atoms. The summed E-state index contributed by atoms with van der Waals surface area (Å²) < 4.78 is 10.9. The standard InChI is InChI=1S/C21H21N3O4/c1-4-22-18(25)14(3)27-21(26)17-11-9-16(10-12-17)20-24-23-19(28-20)15-7-5-13(2)6-8-15/h5-12,14H,4H2,1-3H3,(H,22,25). The van der Waals surface area contributed by atoms with Crippen molar-refractivity contribution in [3.05, 3.63) is 59.7 Å². The lowest BCUT2D eigenvalue weighted by atomic mass is 10.1. The predicted octanol–water partition coefficient (Wildman–Crippen LogP) is 3.39. The van der Waals surface area contributed by atoms with Crippen LogP contribution in [-0.2, 0) is 9.53 Å². The van der Waals surface area contributed by atoms with Crippen LogP contribution < -0.4 is 5.32 Å². The number of hydrogen-bond donors (Lipinski definition) is 1. The highest BCUT2D eigenvalue weighted by Crippen LogP contribution is 2.24. The summed E-state index contributed by atoms with van der Waals surface area (Å²) in [4.78, 5) is 23.8. The number of amides is 1. The second kappa shape index (κ2) is 8.47. The van der Waals surface area contributed by atoms with E-state index >= 15 is 0 Å². The number of carbonyl (C=O) groups is 2. The second-order valence-corrected chi connectivity index (χ2v) is 6.30.